The Balaban J connectivity index is 1.65. The van der Waals surface area contributed by atoms with Crippen molar-refractivity contribution >= 4 is 5.91 Å². The van der Waals surface area contributed by atoms with Crippen LogP contribution in [0.1, 0.15) is 47.1 Å². The average Bonchev–Trinajstić information content (AvgIpc) is 3.13. The fourth-order valence-electron chi connectivity index (χ4n) is 2.86. The van der Waals surface area contributed by atoms with Gasteiger partial charge in [-0.25, -0.2) is 4.98 Å². The van der Waals surface area contributed by atoms with Gasteiger partial charge in [0.2, 0.25) is 5.88 Å². The van der Waals surface area contributed by atoms with Gasteiger partial charge < -0.3 is 19.7 Å². The van der Waals surface area contributed by atoms with Crippen molar-refractivity contribution in [3.63, 3.8) is 0 Å². The highest BCUT2D eigenvalue weighted by Crippen LogP contribution is 2.24. The first-order valence-corrected chi connectivity index (χ1v) is 9.78. The number of rotatable bonds is 9. The molecule has 3 heterocycles. The third-order valence-electron chi connectivity index (χ3n) is 4.58. The smallest absolute Gasteiger partial charge is 0.253 e. The number of nitrogens with one attached hydrogen (secondary N) is 1. The fourth-order valence-corrected chi connectivity index (χ4v) is 2.86. The van der Waals surface area contributed by atoms with Crippen LogP contribution in [-0.4, -0.2) is 44.0 Å². The van der Waals surface area contributed by atoms with Crippen molar-refractivity contribution in [3.8, 4) is 17.3 Å². The molecule has 2 N–H and O–H groups in total. The maximum Gasteiger partial charge on any atom is 0.253 e. The second-order valence-electron chi connectivity index (χ2n) is 6.94. The molecule has 3 aromatic rings. The molecule has 0 saturated heterocycles. The first-order valence-electron chi connectivity index (χ1n) is 9.78. The van der Waals surface area contributed by atoms with E-state index in [1.807, 2.05) is 26.0 Å². The lowest BCUT2D eigenvalue weighted by Gasteiger charge is -2.15. The SMILES string of the molecule is CCC[C@@H](CO)NC(=O)c1ccc(OCc2c(-c3ccc(C)nn3)noc2C)nc1. The predicted molar refractivity (Wildman–Crippen MR) is 109 cm³/mol. The molecule has 3 rings (SSSR count). The van der Waals surface area contributed by atoms with Crippen LogP contribution >= 0.6 is 0 Å². The summed E-state index contributed by atoms with van der Waals surface area (Å²) in [4.78, 5) is 16.5. The second kappa shape index (κ2) is 9.93. The normalized spacial score (nSPS) is 11.9. The summed E-state index contributed by atoms with van der Waals surface area (Å²) in [5.74, 6) is 0.700. The van der Waals surface area contributed by atoms with Crippen molar-refractivity contribution in [2.24, 2.45) is 0 Å². The number of ether oxygens (including phenoxy) is 1. The van der Waals surface area contributed by atoms with Crippen molar-refractivity contribution in [2.75, 3.05) is 6.61 Å². The zero-order chi connectivity index (χ0) is 21.5. The maximum absolute atomic E-state index is 12.3. The van der Waals surface area contributed by atoms with Gasteiger partial charge >= 0.3 is 0 Å². The molecule has 0 unspecified atom stereocenters. The van der Waals surface area contributed by atoms with Gasteiger partial charge in [0.05, 0.1) is 29.5 Å². The molecule has 0 fully saturated rings. The van der Waals surface area contributed by atoms with E-state index in [1.165, 1.54) is 6.20 Å². The number of hydrogen-bond acceptors (Lipinski definition) is 8. The van der Waals surface area contributed by atoms with E-state index in [2.05, 4.69) is 25.7 Å². The molecule has 0 aromatic carbocycles. The first-order chi connectivity index (χ1) is 14.5. The van der Waals surface area contributed by atoms with Crippen molar-refractivity contribution in [1.82, 2.24) is 25.7 Å². The standard InChI is InChI=1S/C21H25N5O4/c1-4-5-16(11-27)23-21(28)15-7-9-19(22-10-15)29-12-17-14(3)30-26-20(17)18-8-6-13(2)24-25-18/h6-10,16,27H,4-5,11-12H2,1-3H3,(H,23,28)/t16-/m0/s1. The number of carbonyl (C=O) groups is 1. The first kappa shape index (κ1) is 21.4. The molecule has 0 bridgehead atoms. The van der Waals surface area contributed by atoms with E-state index in [-0.39, 0.29) is 25.2 Å². The van der Waals surface area contributed by atoms with Crippen LogP contribution in [0.15, 0.2) is 35.0 Å². The third-order valence-corrected chi connectivity index (χ3v) is 4.58. The van der Waals surface area contributed by atoms with Gasteiger partial charge in [0.1, 0.15) is 23.8 Å². The Kier molecular flexibility index (Phi) is 7.08. The quantitative estimate of drug-likeness (QED) is 0.551. The summed E-state index contributed by atoms with van der Waals surface area (Å²) >= 11 is 0. The summed E-state index contributed by atoms with van der Waals surface area (Å²) in [6.07, 6.45) is 3.02. The molecule has 3 aromatic heterocycles. The Labute approximate surface area is 174 Å². The number of aromatic nitrogens is 4. The summed E-state index contributed by atoms with van der Waals surface area (Å²) in [5.41, 5.74) is 3.13. The Morgan fingerprint density at radius 1 is 1.23 bits per heavy atom. The van der Waals surface area contributed by atoms with Crippen LogP contribution in [0.2, 0.25) is 0 Å². The van der Waals surface area contributed by atoms with Gasteiger partial charge in [-0.1, -0.05) is 18.5 Å². The topological polar surface area (TPSA) is 123 Å². The van der Waals surface area contributed by atoms with Crippen LogP contribution < -0.4 is 10.1 Å². The fraction of sp³-hybridized carbons (Fsp3) is 0.381. The highest BCUT2D eigenvalue weighted by Gasteiger charge is 2.18. The van der Waals surface area contributed by atoms with Crippen molar-refractivity contribution in [3.05, 3.63) is 53.0 Å². The van der Waals surface area contributed by atoms with Gasteiger partial charge in [0.25, 0.3) is 5.91 Å². The van der Waals surface area contributed by atoms with Crippen LogP contribution in [0.5, 0.6) is 5.88 Å². The molecule has 0 radical (unpaired) electrons. The van der Waals surface area contributed by atoms with Gasteiger partial charge in [0.15, 0.2) is 0 Å². The summed E-state index contributed by atoms with van der Waals surface area (Å²) in [6, 6.07) is 6.66. The zero-order valence-corrected chi connectivity index (χ0v) is 17.3. The lowest BCUT2D eigenvalue weighted by molar-refractivity contribution is 0.0912. The average molecular weight is 411 g/mol. The molecule has 0 aliphatic heterocycles. The Bertz CT molecular complexity index is 970. The number of amides is 1. The number of aryl methyl sites for hydroxylation is 2. The molecule has 1 amide bonds. The van der Waals surface area contributed by atoms with Crippen molar-refractivity contribution in [2.45, 2.75) is 46.3 Å². The minimum Gasteiger partial charge on any atom is -0.473 e. The number of aliphatic hydroxyl groups excluding tert-OH is 1. The monoisotopic (exact) mass is 411 g/mol. The van der Waals surface area contributed by atoms with Crippen molar-refractivity contribution < 1.29 is 19.2 Å². The Hall–Kier alpha value is -3.33. The van der Waals surface area contributed by atoms with E-state index >= 15 is 0 Å². The second-order valence-corrected chi connectivity index (χ2v) is 6.94. The van der Waals surface area contributed by atoms with Crippen LogP contribution in [0, 0.1) is 13.8 Å². The molecule has 9 nitrogen and oxygen atoms in total. The molecule has 0 aliphatic rings. The van der Waals surface area contributed by atoms with Crippen molar-refractivity contribution in [1.29, 1.82) is 0 Å². The van der Waals surface area contributed by atoms with Crippen LogP contribution in [0.4, 0.5) is 0 Å². The predicted octanol–water partition coefficient (Wildman–Crippen LogP) is 2.61. The zero-order valence-electron chi connectivity index (χ0n) is 17.3. The van der Waals surface area contributed by atoms with Crippen LogP contribution in [-0.2, 0) is 6.61 Å². The molecule has 1 atom stereocenters. The van der Waals surface area contributed by atoms with E-state index in [0.717, 1.165) is 17.7 Å². The van der Waals surface area contributed by atoms with Gasteiger partial charge in [-0.05, 0) is 38.5 Å². The third kappa shape index (κ3) is 5.18. The molecule has 0 saturated carbocycles. The Morgan fingerprint density at radius 2 is 2.07 bits per heavy atom. The summed E-state index contributed by atoms with van der Waals surface area (Å²) in [6.45, 7) is 5.74. The lowest BCUT2D eigenvalue weighted by Crippen LogP contribution is -2.37. The Morgan fingerprint density at radius 3 is 2.70 bits per heavy atom. The molecule has 30 heavy (non-hydrogen) atoms. The summed E-state index contributed by atoms with van der Waals surface area (Å²) < 4.78 is 11.1. The highest BCUT2D eigenvalue weighted by atomic mass is 16.5. The maximum atomic E-state index is 12.3. The molecule has 0 aliphatic carbocycles. The van der Waals surface area contributed by atoms with Crippen LogP contribution in [0.25, 0.3) is 11.4 Å². The van der Waals surface area contributed by atoms with Crippen LogP contribution in [0.3, 0.4) is 0 Å². The summed E-state index contributed by atoms with van der Waals surface area (Å²) in [7, 11) is 0. The van der Waals surface area contributed by atoms with Gasteiger partial charge in [-0.2, -0.15) is 5.10 Å². The number of carbonyl (C=O) groups excluding carboxylic acids is 1. The number of pyridine rings is 1. The van der Waals surface area contributed by atoms with E-state index in [9.17, 15) is 9.90 Å². The van der Waals surface area contributed by atoms with E-state index < -0.39 is 0 Å². The number of aliphatic hydroxyl groups is 1. The molecular weight excluding hydrogens is 386 g/mol. The minimum absolute atomic E-state index is 0.0972. The highest BCUT2D eigenvalue weighted by molar-refractivity contribution is 5.94. The van der Waals surface area contributed by atoms with E-state index in [1.54, 1.807) is 19.1 Å². The number of hydrogen-bond donors (Lipinski definition) is 2. The van der Waals surface area contributed by atoms with Gasteiger partial charge in [-0.3, -0.25) is 4.79 Å². The molecular formula is C21H25N5O4. The number of nitrogens with zero attached hydrogens (tertiary/aromatic N) is 4. The molecule has 158 valence electrons. The molecule has 9 heteroatoms. The molecule has 0 spiro atoms. The van der Waals surface area contributed by atoms with Gasteiger partial charge in [-0.15, -0.1) is 5.10 Å². The lowest BCUT2D eigenvalue weighted by atomic mass is 10.1. The largest absolute Gasteiger partial charge is 0.473 e. The van der Waals surface area contributed by atoms with E-state index in [4.69, 9.17) is 9.26 Å². The van der Waals surface area contributed by atoms with Gasteiger partial charge in [0, 0.05) is 12.3 Å². The summed E-state index contributed by atoms with van der Waals surface area (Å²) in [5, 5.41) is 24.4. The minimum atomic E-state index is -0.281. The van der Waals surface area contributed by atoms with E-state index in [0.29, 0.717) is 35.0 Å².